The van der Waals surface area contributed by atoms with Crippen LogP contribution in [0.5, 0.6) is 0 Å². The number of carbonyl (C=O) groups is 2. The molecule has 0 spiro atoms. The molecule has 0 bridgehead atoms. The number of rotatable bonds is 9. The summed E-state index contributed by atoms with van der Waals surface area (Å²) in [4.78, 5) is 24.3. The van der Waals surface area contributed by atoms with Gasteiger partial charge in [-0.1, -0.05) is 31.5 Å². The second-order valence-electron chi connectivity index (χ2n) is 9.23. The van der Waals surface area contributed by atoms with Crippen LogP contribution in [0.2, 0.25) is 0 Å². The van der Waals surface area contributed by atoms with Crippen molar-refractivity contribution in [1.82, 2.24) is 0 Å². The maximum Gasteiger partial charge on any atom is 0.324 e. The number of ketones is 1. The van der Waals surface area contributed by atoms with Gasteiger partial charge in [0, 0.05) is 0 Å². The molecule has 0 aliphatic rings. The summed E-state index contributed by atoms with van der Waals surface area (Å²) < 4.78 is 47.5. The molecule has 0 aliphatic heterocycles. The van der Waals surface area contributed by atoms with Gasteiger partial charge in [0.05, 0.1) is 23.0 Å². The van der Waals surface area contributed by atoms with Crippen molar-refractivity contribution in [1.29, 1.82) is 0 Å². The fraction of sp³-hybridized carbons (Fsp3) is 0.636. The highest BCUT2D eigenvalue weighted by atomic mass is 32.2. The summed E-state index contributed by atoms with van der Waals surface area (Å²) in [5.41, 5.74) is 11.7. The van der Waals surface area contributed by atoms with E-state index in [1.54, 1.807) is 32.9 Å². The first-order chi connectivity index (χ1) is 14.9. The van der Waals surface area contributed by atoms with E-state index in [1.165, 1.54) is 12.1 Å². The van der Waals surface area contributed by atoms with Crippen LogP contribution >= 0.6 is 0 Å². The van der Waals surface area contributed by atoms with Crippen molar-refractivity contribution in [2.75, 3.05) is 6.67 Å². The van der Waals surface area contributed by atoms with E-state index in [4.69, 9.17) is 20.8 Å². The lowest BCUT2D eigenvalue weighted by atomic mass is 9.84. The predicted octanol–water partition coefficient (Wildman–Crippen LogP) is 1.79. The van der Waals surface area contributed by atoms with Crippen LogP contribution in [0.15, 0.2) is 29.2 Å². The standard InChI is InChI=1S/C15H29FN2O4.C7H8O3S/c1-8(2)6-9(17)13(20)11(10(19)7-16)12(18)14(21)22-15(3,4)5;1-6-2-4-7(5-3-6)11(8,9)10/h8-12,19H,6-7,17-18H2,1-5H3;2-5H,1H3,(H,8,9,10). The van der Waals surface area contributed by atoms with Crippen molar-refractivity contribution in [3.05, 3.63) is 29.8 Å². The first kappa shape index (κ1) is 31.1. The highest BCUT2D eigenvalue weighted by Gasteiger charge is 2.40. The monoisotopic (exact) mass is 492 g/mol. The molecule has 0 saturated carbocycles. The van der Waals surface area contributed by atoms with E-state index in [-0.39, 0.29) is 10.8 Å². The normalized spacial score (nSPS) is 15.6. The molecule has 6 N–H and O–H groups in total. The molecule has 11 heteroatoms. The van der Waals surface area contributed by atoms with Crippen LogP contribution in [-0.2, 0) is 24.4 Å². The minimum absolute atomic E-state index is 0.0666. The van der Waals surface area contributed by atoms with Gasteiger partial charge in [0.25, 0.3) is 10.1 Å². The molecule has 190 valence electrons. The number of ether oxygens (including phenoxy) is 1. The van der Waals surface area contributed by atoms with E-state index in [9.17, 15) is 27.5 Å². The van der Waals surface area contributed by atoms with Crippen molar-refractivity contribution in [3.8, 4) is 0 Å². The van der Waals surface area contributed by atoms with Crippen molar-refractivity contribution >= 4 is 21.9 Å². The second-order valence-corrected chi connectivity index (χ2v) is 10.7. The van der Waals surface area contributed by atoms with Gasteiger partial charge in [-0.2, -0.15) is 8.42 Å². The fourth-order valence-electron chi connectivity index (χ4n) is 2.80. The summed E-state index contributed by atoms with van der Waals surface area (Å²) in [6.07, 6.45) is -1.33. The lowest BCUT2D eigenvalue weighted by molar-refractivity contribution is -0.161. The van der Waals surface area contributed by atoms with Gasteiger partial charge in [0.2, 0.25) is 0 Å². The van der Waals surface area contributed by atoms with Crippen LogP contribution in [0.4, 0.5) is 4.39 Å². The van der Waals surface area contributed by atoms with E-state index in [1.807, 2.05) is 20.8 Å². The third-order valence-electron chi connectivity index (χ3n) is 4.38. The van der Waals surface area contributed by atoms with E-state index in [0.29, 0.717) is 6.42 Å². The van der Waals surface area contributed by atoms with Crippen molar-refractivity contribution in [2.45, 2.75) is 76.6 Å². The molecule has 0 aromatic heterocycles. The molecule has 0 aliphatic carbocycles. The van der Waals surface area contributed by atoms with Gasteiger partial charge >= 0.3 is 5.97 Å². The predicted molar refractivity (Wildman–Crippen MR) is 123 cm³/mol. The van der Waals surface area contributed by atoms with Gasteiger partial charge in [-0.15, -0.1) is 0 Å². The maximum absolute atomic E-state index is 12.8. The number of esters is 1. The minimum Gasteiger partial charge on any atom is -0.459 e. The van der Waals surface area contributed by atoms with E-state index < -0.39 is 58.3 Å². The highest BCUT2D eigenvalue weighted by molar-refractivity contribution is 7.85. The van der Waals surface area contributed by atoms with E-state index in [0.717, 1.165) is 5.56 Å². The Morgan fingerprint density at radius 3 is 1.97 bits per heavy atom. The molecule has 9 nitrogen and oxygen atoms in total. The third kappa shape index (κ3) is 11.7. The van der Waals surface area contributed by atoms with Crippen LogP contribution in [0.25, 0.3) is 0 Å². The Morgan fingerprint density at radius 1 is 1.12 bits per heavy atom. The summed E-state index contributed by atoms with van der Waals surface area (Å²) in [7, 11) is -4.02. The number of aliphatic hydroxyl groups excluding tert-OH is 1. The topological polar surface area (TPSA) is 170 Å². The van der Waals surface area contributed by atoms with Crippen LogP contribution in [0.3, 0.4) is 0 Å². The molecule has 1 aromatic rings. The molecule has 0 amide bonds. The lowest BCUT2D eigenvalue weighted by Crippen LogP contribution is -2.54. The van der Waals surface area contributed by atoms with Gasteiger partial charge in [-0.25, -0.2) is 4.39 Å². The molecule has 4 unspecified atom stereocenters. The summed E-state index contributed by atoms with van der Waals surface area (Å²) in [5, 5.41) is 9.75. The number of hydrogen-bond acceptors (Lipinski definition) is 8. The third-order valence-corrected chi connectivity index (χ3v) is 5.24. The van der Waals surface area contributed by atoms with Gasteiger partial charge in [0.1, 0.15) is 18.3 Å². The molecule has 1 aromatic carbocycles. The summed E-state index contributed by atoms with van der Waals surface area (Å²) in [5.74, 6) is -2.78. The second kappa shape index (κ2) is 13.1. The Balaban J connectivity index is 0.000000771. The molecular weight excluding hydrogens is 455 g/mol. The zero-order valence-corrected chi connectivity index (χ0v) is 20.8. The molecule has 1 rings (SSSR count). The van der Waals surface area contributed by atoms with Gasteiger partial charge in [-0.3, -0.25) is 14.1 Å². The first-order valence-electron chi connectivity index (χ1n) is 10.5. The molecule has 4 atom stereocenters. The number of carbonyl (C=O) groups excluding carboxylic acids is 2. The number of benzene rings is 1. The Hall–Kier alpha value is -1.92. The van der Waals surface area contributed by atoms with Crippen LogP contribution in [0.1, 0.15) is 46.6 Å². The van der Waals surface area contributed by atoms with E-state index in [2.05, 4.69) is 0 Å². The number of aliphatic hydroxyl groups is 1. The zero-order chi connectivity index (χ0) is 26.1. The number of alkyl halides is 1. The summed E-state index contributed by atoms with van der Waals surface area (Å²) in [6, 6.07) is 3.61. The average molecular weight is 493 g/mol. The number of aryl methyl sites for hydroxylation is 1. The summed E-state index contributed by atoms with van der Waals surface area (Å²) >= 11 is 0. The van der Waals surface area contributed by atoms with Gasteiger partial charge in [-0.05, 0) is 52.2 Å². The SMILES string of the molecule is CC(C)CC(N)C(=O)C(C(O)CF)C(N)C(=O)OC(C)(C)C.Cc1ccc(S(=O)(=O)O)cc1. The largest absolute Gasteiger partial charge is 0.459 e. The Morgan fingerprint density at radius 2 is 1.61 bits per heavy atom. The molecule has 0 radical (unpaired) electrons. The molecular formula is C22H37FN2O7S. The van der Waals surface area contributed by atoms with Gasteiger partial charge < -0.3 is 21.3 Å². The lowest BCUT2D eigenvalue weighted by Gasteiger charge is -2.29. The Bertz CT molecular complexity index is 868. The Kier molecular flexibility index (Phi) is 12.3. The number of nitrogens with two attached hydrogens (primary N) is 2. The smallest absolute Gasteiger partial charge is 0.324 e. The van der Waals surface area contributed by atoms with Crippen LogP contribution in [-0.4, -0.2) is 60.3 Å². The zero-order valence-electron chi connectivity index (χ0n) is 20.0. The number of Topliss-reactive ketones (excluding diaryl/α,β-unsaturated/α-hetero) is 1. The molecule has 0 heterocycles. The fourth-order valence-corrected chi connectivity index (χ4v) is 3.28. The van der Waals surface area contributed by atoms with Crippen LogP contribution < -0.4 is 11.5 Å². The minimum atomic E-state index is -4.02. The van der Waals surface area contributed by atoms with Crippen LogP contribution in [0, 0.1) is 18.8 Å². The van der Waals surface area contributed by atoms with E-state index >= 15 is 0 Å². The van der Waals surface area contributed by atoms with Crippen molar-refractivity contribution < 1.29 is 36.8 Å². The molecule has 0 saturated heterocycles. The highest BCUT2D eigenvalue weighted by Crippen LogP contribution is 2.19. The molecule has 33 heavy (non-hydrogen) atoms. The quantitative estimate of drug-likeness (QED) is 0.296. The summed E-state index contributed by atoms with van der Waals surface area (Å²) in [6.45, 7) is 9.33. The number of hydrogen-bond donors (Lipinski definition) is 4. The van der Waals surface area contributed by atoms with Crippen molar-refractivity contribution in [3.63, 3.8) is 0 Å². The molecule has 0 fully saturated rings. The van der Waals surface area contributed by atoms with Gasteiger partial charge in [0.15, 0.2) is 5.78 Å². The first-order valence-corrected chi connectivity index (χ1v) is 11.9. The maximum atomic E-state index is 12.8. The average Bonchev–Trinajstić information content (AvgIpc) is 2.66. The number of halogens is 1. The Labute approximate surface area is 195 Å². The van der Waals surface area contributed by atoms with Crippen molar-refractivity contribution in [2.24, 2.45) is 23.3 Å².